The summed E-state index contributed by atoms with van der Waals surface area (Å²) in [5.41, 5.74) is 0. The zero-order valence-electron chi connectivity index (χ0n) is 14.8. The number of hydrogen-bond donors (Lipinski definition) is 1. The summed E-state index contributed by atoms with van der Waals surface area (Å²) in [6, 6.07) is 0. The van der Waals surface area contributed by atoms with Crippen molar-refractivity contribution < 1.29 is 19.7 Å². The number of unbranched alkanes of at least 4 members (excludes halogenated alkanes) is 7. The number of hydrogen-bond acceptors (Lipinski definition) is 4. The van der Waals surface area contributed by atoms with Gasteiger partial charge in [-0.25, -0.2) is 4.89 Å². The van der Waals surface area contributed by atoms with Gasteiger partial charge in [0.1, 0.15) is 6.10 Å². The first-order chi connectivity index (χ1) is 11.2. The van der Waals surface area contributed by atoms with Crippen molar-refractivity contribution in [3.8, 4) is 0 Å². The van der Waals surface area contributed by atoms with Crippen LogP contribution in [0.2, 0.25) is 0 Å². The van der Waals surface area contributed by atoms with Crippen molar-refractivity contribution in [1.82, 2.24) is 0 Å². The van der Waals surface area contributed by atoms with Crippen LogP contribution in [0.4, 0.5) is 0 Å². The van der Waals surface area contributed by atoms with Gasteiger partial charge in [0.25, 0.3) is 0 Å². The van der Waals surface area contributed by atoms with E-state index < -0.39 is 0 Å². The van der Waals surface area contributed by atoms with Gasteiger partial charge in [0.2, 0.25) is 0 Å². The molecule has 0 radical (unpaired) electrons. The van der Waals surface area contributed by atoms with Crippen molar-refractivity contribution >= 4 is 5.97 Å². The lowest BCUT2D eigenvalue weighted by Crippen LogP contribution is -2.06. The summed E-state index contributed by atoms with van der Waals surface area (Å²) in [6.45, 7) is 2.20. The van der Waals surface area contributed by atoms with E-state index in [1.807, 2.05) is 18.2 Å². The van der Waals surface area contributed by atoms with Gasteiger partial charge in [0.05, 0.1) is 7.11 Å². The average molecular weight is 326 g/mol. The Balaban J connectivity index is 3.59. The van der Waals surface area contributed by atoms with Gasteiger partial charge in [-0.05, 0) is 25.7 Å². The Hall–Kier alpha value is -1.13. The van der Waals surface area contributed by atoms with Gasteiger partial charge in [-0.1, -0.05) is 69.8 Å². The topological polar surface area (TPSA) is 55.8 Å². The molecule has 0 rings (SSSR count). The summed E-state index contributed by atoms with van der Waals surface area (Å²) < 4.78 is 4.60. The molecule has 0 bridgehead atoms. The molecule has 0 spiro atoms. The molecule has 23 heavy (non-hydrogen) atoms. The fourth-order valence-corrected chi connectivity index (χ4v) is 2.31. The number of allylic oxidation sites excluding steroid dienone is 3. The molecule has 134 valence electrons. The van der Waals surface area contributed by atoms with Crippen molar-refractivity contribution in [1.29, 1.82) is 0 Å². The van der Waals surface area contributed by atoms with E-state index in [0.717, 1.165) is 44.9 Å². The molecule has 0 heterocycles. The van der Waals surface area contributed by atoms with Crippen LogP contribution in [0.1, 0.15) is 77.6 Å². The molecule has 4 heteroatoms. The highest BCUT2D eigenvalue weighted by molar-refractivity contribution is 5.68. The minimum absolute atomic E-state index is 0.133. The highest BCUT2D eigenvalue weighted by Crippen LogP contribution is 2.11. The maximum atomic E-state index is 10.9. The van der Waals surface area contributed by atoms with Crippen LogP contribution < -0.4 is 0 Å². The van der Waals surface area contributed by atoms with Gasteiger partial charge in [-0.2, -0.15) is 0 Å². The molecular formula is C19H34O4. The third-order valence-electron chi connectivity index (χ3n) is 3.78. The van der Waals surface area contributed by atoms with E-state index in [2.05, 4.69) is 22.6 Å². The molecule has 0 aromatic carbocycles. The average Bonchev–Trinajstić information content (AvgIpc) is 2.57. The second-order valence-electron chi connectivity index (χ2n) is 5.84. The molecule has 0 aliphatic rings. The lowest BCUT2D eigenvalue weighted by atomic mass is 10.1. The summed E-state index contributed by atoms with van der Waals surface area (Å²) in [4.78, 5) is 15.4. The van der Waals surface area contributed by atoms with Gasteiger partial charge in [0.15, 0.2) is 0 Å². The van der Waals surface area contributed by atoms with Crippen molar-refractivity contribution in [3.63, 3.8) is 0 Å². The van der Waals surface area contributed by atoms with Crippen LogP contribution in [-0.2, 0) is 14.4 Å². The summed E-state index contributed by atoms with van der Waals surface area (Å²) >= 11 is 0. The Morgan fingerprint density at radius 2 is 1.78 bits per heavy atom. The predicted molar refractivity (Wildman–Crippen MR) is 94.3 cm³/mol. The molecule has 4 nitrogen and oxygen atoms in total. The Bertz CT molecular complexity index is 323. The molecule has 1 N–H and O–H groups in total. The number of carbonyl (C=O) groups is 1. The quantitative estimate of drug-likeness (QED) is 0.143. The van der Waals surface area contributed by atoms with E-state index in [0.29, 0.717) is 6.42 Å². The zero-order chi connectivity index (χ0) is 17.2. The van der Waals surface area contributed by atoms with E-state index in [1.54, 1.807) is 0 Å². The van der Waals surface area contributed by atoms with Gasteiger partial charge >= 0.3 is 5.97 Å². The number of methoxy groups -OCH3 is 1. The fourth-order valence-electron chi connectivity index (χ4n) is 2.31. The van der Waals surface area contributed by atoms with Crippen molar-refractivity contribution in [2.75, 3.05) is 7.11 Å². The Labute approximate surface area is 141 Å². The lowest BCUT2D eigenvalue weighted by Gasteiger charge is -2.08. The number of ether oxygens (including phenoxy) is 1. The number of rotatable bonds is 15. The first-order valence-corrected chi connectivity index (χ1v) is 8.95. The Morgan fingerprint density at radius 3 is 2.48 bits per heavy atom. The predicted octanol–water partition coefficient (Wildman–Crippen LogP) is 5.44. The van der Waals surface area contributed by atoms with Crippen LogP contribution in [0.3, 0.4) is 0 Å². The maximum Gasteiger partial charge on any atom is 0.305 e. The number of esters is 1. The molecule has 0 aromatic rings. The van der Waals surface area contributed by atoms with E-state index in [4.69, 9.17) is 5.26 Å². The van der Waals surface area contributed by atoms with E-state index in [9.17, 15) is 4.79 Å². The van der Waals surface area contributed by atoms with Crippen LogP contribution in [0, 0.1) is 0 Å². The standard InChI is InChI=1S/C19H34O4/c1-3-4-5-6-7-9-12-15-18(23-21)16-13-10-8-11-14-17-19(20)22-2/h7,9,12,15,18,21H,3-6,8,10-11,13-14,16-17H2,1-2H3/b9-7+,15-12+. The van der Waals surface area contributed by atoms with E-state index >= 15 is 0 Å². The van der Waals surface area contributed by atoms with Crippen LogP contribution in [0.5, 0.6) is 0 Å². The molecule has 0 aromatic heterocycles. The number of carbonyl (C=O) groups excluding carboxylic acids is 1. The highest BCUT2D eigenvalue weighted by Gasteiger charge is 2.04. The Kier molecular flexibility index (Phi) is 16.4. The first-order valence-electron chi connectivity index (χ1n) is 8.95. The Morgan fingerprint density at radius 1 is 1.04 bits per heavy atom. The molecule has 0 fully saturated rings. The third kappa shape index (κ3) is 15.5. The van der Waals surface area contributed by atoms with Crippen LogP contribution >= 0.6 is 0 Å². The summed E-state index contributed by atoms with van der Waals surface area (Å²) in [5, 5.41) is 8.90. The molecular weight excluding hydrogens is 292 g/mol. The first kappa shape index (κ1) is 21.9. The van der Waals surface area contributed by atoms with Crippen LogP contribution in [0.15, 0.2) is 24.3 Å². The van der Waals surface area contributed by atoms with Crippen molar-refractivity contribution in [3.05, 3.63) is 24.3 Å². The summed E-state index contributed by atoms with van der Waals surface area (Å²) in [7, 11) is 1.42. The molecule has 1 unspecified atom stereocenters. The monoisotopic (exact) mass is 326 g/mol. The minimum atomic E-state index is -0.231. The van der Waals surface area contributed by atoms with Gasteiger partial charge in [-0.3, -0.25) is 10.1 Å². The molecule has 0 saturated carbocycles. The smallest absolute Gasteiger partial charge is 0.305 e. The molecule has 0 saturated heterocycles. The molecule has 1 atom stereocenters. The molecule has 0 amide bonds. The third-order valence-corrected chi connectivity index (χ3v) is 3.78. The van der Waals surface area contributed by atoms with Crippen LogP contribution in [0.25, 0.3) is 0 Å². The van der Waals surface area contributed by atoms with Crippen molar-refractivity contribution in [2.24, 2.45) is 0 Å². The van der Waals surface area contributed by atoms with Gasteiger partial charge in [0, 0.05) is 6.42 Å². The second-order valence-corrected chi connectivity index (χ2v) is 5.84. The normalized spacial score (nSPS) is 13.0. The summed E-state index contributed by atoms with van der Waals surface area (Å²) in [6.07, 6.45) is 19.1. The van der Waals surface area contributed by atoms with Gasteiger partial charge in [-0.15, -0.1) is 0 Å². The minimum Gasteiger partial charge on any atom is -0.469 e. The van der Waals surface area contributed by atoms with E-state index in [1.165, 1.54) is 26.4 Å². The van der Waals surface area contributed by atoms with Crippen molar-refractivity contribution in [2.45, 2.75) is 83.7 Å². The lowest BCUT2D eigenvalue weighted by molar-refractivity contribution is -0.267. The zero-order valence-corrected chi connectivity index (χ0v) is 14.8. The SMILES string of the molecule is CCCCC/C=C/C=C/C(CCCCCCCC(=O)OC)OO. The fraction of sp³-hybridized carbons (Fsp3) is 0.737. The maximum absolute atomic E-state index is 10.9. The molecule has 0 aliphatic heterocycles. The summed E-state index contributed by atoms with van der Waals surface area (Å²) in [5.74, 6) is -0.133. The van der Waals surface area contributed by atoms with Gasteiger partial charge < -0.3 is 4.74 Å². The molecule has 0 aliphatic carbocycles. The second kappa shape index (κ2) is 17.2. The van der Waals surface area contributed by atoms with E-state index in [-0.39, 0.29) is 12.1 Å². The largest absolute Gasteiger partial charge is 0.469 e. The highest BCUT2D eigenvalue weighted by atomic mass is 17.1. The van der Waals surface area contributed by atoms with Crippen LogP contribution in [-0.4, -0.2) is 24.4 Å².